The average Bonchev–Trinajstić information content (AvgIpc) is 2.58. The van der Waals surface area contributed by atoms with E-state index in [4.69, 9.17) is 9.52 Å². The molecule has 1 fully saturated rings. The Kier molecular flexibility index (Phi) is 4.38. The van der Waals surface area contributed by atoms with Crippen molar-refractivity contribution in [3.8, 4) is 0 Å². The summed E-state index contributed by atoms with van der Waals surface area (Å²) in [4.78, 5) is 15.0. The zero-order valence-electron chi connectivity index (χ0n) is 10.8. The summed E-state index contributed by atoms with van der Waals surface area (Å²) in [6.45, 7) is 6.58. The Morgan fingerprint density at radius 1 is 1.33 bits per heavy atom. The van der Waals surface area contributed by atoms with Gasteiger partial charge in [-0.25, -0.2) is 0 Å². The molecule has 0 spiro atoms. The highest BCUT2D eigenvalue weighted by Gasteiger charge is 2.17. The molecule has 2 heterocycles. The Labute approximate surface area is 107 Å². The lowest BCUT2D eigenvalue weighted by molar-refractivity contribution is -0.138. The first-order valence-electron chi connectivity index (χ1n) is 6.34. The Bertz CT molecular complexity index is 403. The van der Waals surface area contributed by atoms with Crippen LogP contribution in [0.1, 0.15) is 17.7 Å². The Morgan fingerprint density at radius 2 is 2.06 bits per heavy atom. The molecule has 1 aliphatic heterocycles. The smallest absolute Gasteiger partial charge is 0.317 e. The second-order valence-corrected chi connectivity index (χ2v) is 4.83. The molecule has 0 saturated carbocycles. The monoisotopic (exact) mass is 252 g/mol. The third-order valence-corrected chi connectivity index (χ3v) is 3.38. The number of aryl methyl sites for hydroxylation is 1. The molecule has 0 aliphatic carbocycles. The molecule has 5 nitrogen and oxygen atoms in total. The van der Waals surface area contributed by atoms with E-state index >= 15 is 0 Å². The molecular formula is C13H20N2O3. The number of carbonyl (C=O) groups is 1. The highest BCUT2D eigenvalue weighted by atomic mass is 16.4. The van der Waals surface area contributed by atoms with Crippen molar-refractivity contribution in [3.05, 3.63) is 23.7 Å². The predicted octanol–water partition coefficient (Wildman–Crippen LogP) is 1.18. The summed E-state index contributed by atoms with van der Waals surface area (Å²) in [6.07, 6.45) is 2.73. The topological polar surface area (TPSA) is 56.9 Å². The highest BCUT2D eigenvalue weighted by Crippen LogP contribution is 2.13. The maximum absolute atomic E-state index is 10.7. The van der Waals surface area contributed by atoms with Crippen molar-refractivity contribution in [3.63, 3.8) is 0 Å². The number of furan rings is 1. The number of rotatable bonds is 4. The average molecular weight is 252 g/mol. The van der Waals surface area contributed by atoms with Crippen LogP contribution in [0.25, 0.3) is 0 Å². The van der Waals surface area contributed by atoms with Gasteiger partial charge in [-0.2, -0.15) is 0 Å². The molecule has 0 unspecified atom stereocenters. The molecule has 0 atom stereocenters. The van der Waals surface area contributed by atoms with E-state index in [0.717, 1.165) is 44.9 Å². The van der Waals surface area contributed by atoms with Gasteiger partial charge in [0.2, 0.25) is 0 Å². The first-order valence-corrected chi connectivity index (χ1v) is 6.34. The van der Waals surface area contributed by atoms with Crippen molar-refractivity contribution in [2.24, 2.45) is 0 Å². The van der Waals surface area contributed by atoms with Gasteiger partial charge in [-0.1, -0.05) is 0 Å². The number of carboxylic acids is 1. The van der Waals surface area contributed by atoms with E-state index in [0.29, 0.717) is 0 Å². The molecule has 18 heavy (non-hydrogen) atoms. The Balaban J connectivity index is 1.85. The predicted molar refractivity (Wildman–Crippen MR) is 67.4 cm³/mol. The lowest BCUT2D eigenvalue weighted by Gasteiger charge is -2.20. The van der Waals surface area contributed by atoms with Crippen LogP contribution in [0.5, 0.6) is 0 Å². The number of hydrogen-bond donors (Lipinski definition) is 1. The van der Waals surface area contributed by atoms with Crippen LogP contribution in [-0.4, -0.2) is 53.6 Å². The van der Waals surface area contributed by atoms with E-state index in [2.05, 4.69) is 4.90 Å². The third kappa shape index (κ3) is 3.58. The number of carboxylic acid groups (broad SMARTS) is 1. The molecule has 1 saturated heterocycles. The van der Waals surface area contributed by atoms with Crippen LogP contribution in [0.15, 0.2) is 16.7 Å². The summed E-state index contributed by atoms with van der Waals surface area (Å²) >= 11 is 0. The van der Waals surface area contributed by atoms with Crippen LogP contribution in [0, 0.1) is 6.92 Å². The zero-order chi connectivity index (χ0) is 13.0. The van der Waals surface area contributed by atoms with Gasteiger partial charge in [-0.15, -0.1) is 0 Å². The highest BCUT2D eigenvalue weighted by molar-refractivity contribution is 5.69. The van der Waals surface area contributed by atoms with E-state index in [-0.39, 0.29) is 6.54 Å². The lowest BCUT2D eigenvalue weighted by Crippen LogP contribution is -2.34. The minimum absolute atomic E-state index is 0.146. The van der Waals surface area contributed by atoms with E-state index in [1.54, 1.807) is 6.26 Å². The number of nitrogens with zero attached hydrogens (tertiary/aromatic N) is 2. The van der Waals surface area contributed by atoms with E-state index in [1.165, 1.54) is 5.56 Å². The van der Waals surface area contributed by atoms with Crippen molar-refractivity contribution >= 4 is 5.97 Å². The van der Waals surface area contributed by atoms with Gasteiger partial charge in [0, 0.05) is 19.6 Å². The van der Waals surface area contributed by atoms with Gasteiger partial charge >= 0.3 is 5.97 Å². The minimum atomic E-state index is -0.745. The quantitative estimate of drug-likeness (QED) is 0.872. The molecule has 1 N–H and O–H groups in total. The Hall–Kier alpha value is -1.33. The lowest BCUT2D eigenvalue weighted by atomic mass is 10.2. The van der Waals surface area contributed by atoms with Crippen molar-refractivity contribution in [1.29, 1.82) is 0 Å². The van der Waals surface area contributed by atoms with Crippen LogP contribution >= 0.6 is 0 Å². The molecule has 0 amide bonds. The van der Waals surface area contributed by atoms with Crippen molar-refractivity contribution in [1.82, 2.24) is 9.80 Å². The van der Waals surface area contributed by atoms with Gasteiger partial charge in [-0.3, -0.25) is 14.6 Å². The van der Waals surface area contributed by atoms with E-state index in [9.17, 15) is 4.79 Å². The summed E-state index contributed by atoms with van der Waals surface area (Å²) in [7, 11) is 0. The summed E-state index contributed by atoms with van der Waals surface area (Å²) in [5.74, 6) is 0.270. The largest absolute Gasteiger partial charge is 0.480 e. The fourth-order valence-corrected chi connectivity index (χ4v) is 2.30. The molecule has 0 radical (unpaired) electrons. The Morgan fingerprint density at radius 3 is 2.72 bits per heavy atom. The minimum Gasteiger partial charge on any atom is -0.480 e. The fourth-order valence-electron chi connectivity index (χ4n) is 2.30. The second-order valence-electron chi connectivity index (χ2n) is 4.83. The normalized spacial score (nSPS) is 18.7. The number of aliphatic carboxylic acids is 1. The molecule has 1 aromatic heterocycles. The van der Waals surface area contributed by atoms with E-state index in [1.807, 2.05) is 17.9 Å². The maximum Gasteiger partial charge on any atom is 0.317 e. The SMILES string of the molecule is Cc1ccoc1CN1CCCN(CC(=O)O)CC1. The van der Waals surface area contributed by atoms with Crippen LogP contribution in [-0.2, 0) is 11.3 Å². The van der Waals surface area contributed by atoms with E-state index < -0.39 is 5.97 Å². The summed E-state index contributed by atoms with van der Waals surface area (Å²) < 4.78 is 5.45. The van der Waals surface area contributed by atoms with Gasteiger partial charge in [0.25, 0.3) is 0 Å². The van der Waals surface area contributed by atoms with Crippen molar-refractivity contribution in [2.75, 3.05) is 32.7 Å². The van der Waals surface area contributed by atoms with Gasteiger partial charge in [0.1, 0.15) is 5.76 Å². The van der Waals surface area contributed by atoms with Crippen LogP contribution in [0.4, 0.5) is 0 Å². The first kappa shape index (κ1) is 13.1. The third-order valence-electron chi connectivity index (χ3n) is 3.38. The molecule has 5 heteroatoms. The molecule has 0 aromatic carbocycles. The van der Waals surface area contributed by atoms with Crippen LogP contribution < -0.4 is 0 Å². The van der Waals surface area contributed by atoms with Gasteiger partial charge in [0.15, 0.2) is 0 Å². The summed E-state index contributed by atoms with van der Waals surface area (Å²) in [6, 6.07) is 1.98. The molecule has 100 valence electrons. The van der Waals surface area contributed by atoms with Crippen molar-refractivity contribution < 1.29 is 14.3 Å². The fraction of sp³-hybridized carbons (Fsp3) is 0.615. The molecular weight excluding hydrogens is 232 g/mol. The molecule has 2 rings (SSSR count). The molecule has 1 aliphatic rings. The van der Waals surface area contributed by atoms with Gasteiger partial charge in [-0.05, 0) is 31.5 Å². The molecule has 1 aromatic rings. The summed E-state index contributed by atoms with van der Waals surface area (Å²) in [5, 5.41) is 8.80. The van der Waals surface area contributed by atoms with Gasteiger partial charge in [0.05, 0.1) is 19.4 Å². The maximum atomic E-state index is 10.7. The van der Waals surface area contributed by atoms with Crippen LogP contribution in [0.2, 0.25) is 0 Å². The van der Waals surface area contributed by atoms with Gasteiger partial charge < -0.3 is 9.52 Å². The number of hydrogen-bond acceptors (Lipinski definition) is 4. The van der Waals surface area contributed by atoms with Crippen LogP contribution in [0.3, 0.4) is 0 Å². The molecule has 0 bridgehead atoms. The summed E-state index contributed by atoms with van der Waals surface area (Å²) in [5.41, 5.74) is 1.18. The van der Waals surface area contributed by atoms with Crippen molar-refractivity contribution in [2.45, 2.75) is 19.9 Å². The second kappa shape index (κ2) is 6.02. The zero-order valence-corrected chi connectivity index (χ0v) is 10.8. The standard InChI is InChI=1S/C13H20N2O3/c1-11-3-8-18-12(11)9-14-4-2-5-15(7-6-14)10-13(16)17/h3,8H,2,4-7,9-10H2,1H3,(H,16,17). The first-order chi connectivity index (χ1) is 8.65.